The Labute approximate surface area is 179 Å². The molecule has 3 fully saturated rings. The summed E-state index contributed by atoms with van der Waals surface area (Å²) in [5.74, 6) is 2.85. The number of benzene rings is 1. The fourth-order valence-corrected chi connectivity index (χ4v) is 6.69. The van der Waals surface area contributed by atoms with Gasteiger partial charge in [0.25, 0.3) is 0 Å². The Kier molecular flexibility index (Phi) is 6.83. The van der Waals surface area contributed by atoms with Gasteiger partial charge in [0.1, 0.15) is 0 Å². The molecule has 3 aliphatic rings. The van der Waals surface area contributed by atoms with E-state index in [2.05, 4.69) is 6.92 Å². The summed E-state index contributed by atoms with van der Waals surface area (Å²) in [5.41, 5.74) is 0. The minimum atomic E-state index is -0.565. The van der Waals surface area contributed by atoms with E-state index in [1.54, 1.807) is 6.07 Å². The smallest absolute Gasteiger partial charge is 0.314 e. The Morgan fingerprint density at radius 2 is 1.79 bits per heavy atom. The highest BCUT2D eigenvalue weighted by atomic mass is 35.5. The van der Waals surface area contributed by atoms with Crippen LogP contribution in [0.1, 0.15) is 77.6 Å². The number of hydrogen-bond donors (Lipinski definition) is 0. The second kappa shape index (κ2) is 9.37. The van der Waals surface area contributed by atoms with E-state index in [0.717, 1.165) is 37.0 Å². The fraction of sp³-hybridized carbons (Fsp3) is 0.720. The number of rotatable bonds is 4. The van der Waals surface area contributed by atoms with Gasteiger partial charge in [0.15, 0.2) is 11.6 Å². The van der Waals surface area contributed by atoms with Gasteiger partial charge in [-0.25, -0.2) is 4.39 Å². The first-order valence-corrected chi connectivity index (χ1v) is 12.1. The van der Waals surface area contributed by atoms with Gasteiger partial charge in [-0.2, -0.15) is 0 Å². The lowest BCUT2D eigenvalue weighted by molar-refractivity contribution is -0.144. The molecule has 29 heavy (non-hydrogen) atoms. The van der Waals surface area contributed by atoms with E-state index in [4.69, 9.17) is 16.3 Å². The molecule has 0 N–H and O–H groups in total. The van der Waals surface area contributed by atoms with Gasteiger partial charge in [-0.15, -0.1) is 0 Å². The molecule has 1 aromatic rings. The lowest BCUT2D eigenvalue weighted by Crippen LogP contribution is -2.40. The molecule has 4 atom stereocenters. The Hall–Kier alpha value is -1.09. The first kappa shape index (κ1) is 21.2. The molecule has 1 aromatic carbocycles. The average Bonchev–Trinajstić information content (AvgIpc) is 2.75. The molecule has 0 aliphatic heterocycles. The molecule has 4 rings (SSSR count). The van der Waals surface area contributed by atoms with Crippen molar-refractivity contribution in [2.45, 2.75) is 77.6 Å². The zero-order chi connectivity index (χ0) is 20.4. The number of hydrogen-bond acceptors (Lipinski definition) is 2. The third-order valence-corrected chi connectivity index (χ3v) is 8.47. The summed E-state index contributed by atoms with van der Waals surface area (Å²) in [6.45, 7) is 2.33. The SMILES string of the molecule is CCC1CCC(C2CCC3C(CCCC3C(=O)Oc3ccc(Cl)cc3F)C2)CC1. The Morgan fingerprint density at radius 3 is 2.52 bits per heavy atom. The summed E-state index contributed by atoms with van der Waals surface area (Å²) < 4.78 is 19.5. The topological polar surface area (TPSA) is 26.3 Å². The van der Waals surface area contributed by atoms with E-state index < -0.39 is 5.82 Å². The van der Waals surface area contributed by atoms with Crippen LogP contribution >= 0.6 is 11.6 Å². The Balaban J connectivity index is 1.36. The molecule has 0 saturated heterocycles. The van der Waals surface area contributed by atoms with Crippen LogP contribution in [0.5, 0.6) is 5.75 Å². The summed E-state index contributed by atoms with van der Waals surface area (Å²) in [7, 11) is 0. The number of fused-ring (bicyclic) bond motifs is 1. The predicted molar refractivity (Wildman–Crippen MR) is 114 cm³/mol. The Morgan fingerprint density at radius 1 is 1.03 bits per heavy atom. The quantitative estimate of drug-likeness (QED) is 0.373. The van der Waals surface area contributed by atoms with Crippen molar-refractivity contribution in [1.29, 1.82) is 0 Å². The summed E-state index contributed by atoms with van der Waals surface area (Å²) in [6.07, 6.45) is 13.8. The number of ether oxygens (including phenoxy) is 1. The summed E-state index contributed by atoms with van der Waals surface area (Å²) in [5, 5.41) is 0.311. The zero-order valence-corrected chi connectivity index (χ0v) is 18.3. The van der Waals surface area contributed by atoms with Gasteiger partial charge in [-0.3, -0.25) is 4.79 Å². The van der Waals surface area contributed by atoms with E-state index in [9.17, 15) is 9.18 Å². The number of halogens is 2. The minimum absolute atomic E-state index is 0.00268. The van der Waals surface area contributed by atoms with Gasteiger partial charge in [-0.05, 0) is 86.3 Å². The highest BCUT2D eigenvalue weighted by Crippen LogP contribution is 2.50. The van der Waals surface area contributed by atoms with Crippen molar-refractivity contribution < 1.29 is 13.9 Å². The van der Waals surface area contributed by atoms with Crippen LogP contribution in [-0.2, 0) is 4.79 Å². The molecule has 160 valence electrons. The first-order valence-electron chi connectivity index (χ1n) is 11.7. The van der Waals surface area contributed by atoms with Crippen molar-refractivity contribution in [1.82, 2.24) is 0 Å². The molecule has 2 nitrogen and oxygen atoms in total. The molecule has 0 heterocycles. The van der Waals surface area contributed by atoms with Crippen LogP contribution in [0, 0.1) is 41.3 Å². The minimum Gasteiger partial charge on any atom is -0.423 e. The van der Waals surface area contributed by atoms with E-state index in [0.29, 0.717) is 16.9 Å². The normalized spacial score (nSPS) is 35.0. The lowest BCUT2D eigenvalue weighted by atomic mass is 9.59. The third-order valence-electron chi connectivity index (χ3n) is 8.23. The highest BCUT2D eigenvalue weighted by Gasteiger charge is 2.43. The molecule has 0 bridgehead atoms. The van der Waals surface area contributed by atoms with Crippen molar-refractivity contribution in [2.75, 3.05) is 0 Å². The lowest BCUT2D eigenvalue weighted by Gasteiger charge is -2.46. The van der Waals surface area contributed by atoms with Crippen LogP contribution in [0.15, 0.2) is 18.2 Å². The maximum atomic E-state index is 14.1. The van der Waals surface area contributed by atoms with Gasteiger partial charge in [-0.1, -0.05) is 50.6 Å². The standard InChI is InChI=1S/C25H34ClFO2/c1-2-16-6-8-17(9-7-16)18-10-12-21-19(14-18)4-3-5-22(21)25(28)29-24-13-11-20(26)15-23(24)27/h11,13,15-19,21-22H,2-10,12,14H2,1H3. The monoisotopic (exact) mass is 420 g/mol. The van der Waals surface area contributed by atoms with Crippen LogP contribution in [0.25, 0.3) is 0 Å². The van der Waals surface area contributed by atoms with Gasteiger partial charge < -0.3 is 4.74 Å². The average molecular weight is 421 g/mol. The third kappa shape index (κ3) is 4.81. The van der Waals surface area contributed by atoms with Gasteiger partial charge >= 0.3 is 5.97 Å². The zero-order valence-electron chi connectivity index (χ0n) is 17.5. The van der Waals surface area contributed by atoms with E-state index in [1.165, 1.54) is 63.5 Å². The molecule has 0 aromatic heterocycles. The van der Waals surface area contributed by atoms with Crippen molar-refractivity contribution in [3.63, 3.8) is 0 Å². The maximum absolute atomic E-state index is 14.1. The molecule has 4 heteroatoms. The molecule has 3 aliphatic carbocycles. The van der Waals surface area contributed by atoms with Gasteiger partial charge in [0.05, 0.1) is 5.92 Å². The summed E-state index contributed by atoms with van der Waals surface area (Å²) in [6, 6.07) is 4.22. The van der Waals surface area contributed by atoms with Crippen LogP contribution < -0.4 is 4.74 Å². The van der Waals surface area contributed by atoms with E-state index in [-0.39, 0.29) is 17.6 Å². The van der Waals surface area contributed by atoms with Crippen LogP contribution in [-0.4, -0.2) is 5.97 Å². The molecule has 4 unspecified atom stereocenters. The molecule has 3 saturated carbocycles. The van der Waals surface area contributed by atoms with Crippen LogP contribution in [0.2, 0.25) is 5.02 Å². The second-order valence-corrected chi connectivity index (χ2v) is 10.2. The summed E-state index contributed by atoms with van der Waals surface area (Å²) in [4.78, 5) is 12.9. The van der Waals surface area contributed by atoms with Crippen molar-refractivity contribution in [2.24, 2.45) is 35.5 Å². The molecular formula is C25H34ClFO2. The van der Waals surface area contributed by atoms with E-state index >= 15 is 0 Å². The largest absolute Gasteiger partial charge is 0.423 e. The van der Waals surface area contributed by atoms with Crippen molar-refractivity contribution in [3.8, 4) is 5.75 Å². The maximum Gasteiger partial charge on any atom is 0.314 e. The fourth-order valence-electron chi connectivity index (χ4n) is 6.53. The molecule has 0 spiro atoms. The molecule has 0 radical (unpaired) electrons. The number of carbonyl (C=O) groups is 1. The Bertz CT molecular complexity index is 713. The predicted octanol–water partition coefficient (Wildman–Crippen LogP) is 7.43. The number of carbonyl (C=O) groups excluding carboxylic acids is 1. The van der Waals surface area contributed by atoms with Crippen molar-refractivity contribution >= 4 is 17.6 Å². The van der Waals surface area contributed by atoms with Crippen LogP contribution in [0.3, 0.4) is 0 Å². The molecule has 0 amide bonds. The summed E-state index contributed by atoms with van der Waals surface area (Å²) >= 11 is 5.81. The molecular weight excluding hydrogens is 387 g/mol. The number of esters is 1. The van der Waals surface area contributed by atoms with E-state index in [1.807, 2.05) is 0 Å². The highest BCUT2D eigenvalue weighted by molar-refractivity contribution is 6.30. The van der Waals surface area contributed by atoms with Crippen LogP contribution in [0.4, 0.5) is 4.39 Å². The van der Waals surface area contributed by atoms with Gasteiger partial charge in [0, 0.05) is 5.02 Å². The van der Waals surface area contributed by atoms with Crippen molar-refractivity contribution in [3.05, 3.63) is 29.0 Å². The second-order valence-electron chi connectivity index (χ2n) is 9.72. The van der Waals surface area contributed by atoms with Gasteiger partial charge in [0.2, 0.25) is 0 Å². The first-order chi connectivity index (χ1) is 14.0.